The summed E-state index contributed by atoms with van der Waals surface area (Å²) in [5.41, 5.74) is 1.92. The smallest absolute Gasteiger partial charge is 0.232 e. The zero-order valence-electron chi connectivity index (χ0n) is 21.2. The molecule has 0 atom stereocenters. The summed E-state index contributed by atoms with van der Waals surface area (Å²) < 4.78 is 2.63. The van der Waals surface area contributed by atoms with Crippen molar-refractivity contribution in [1.82, 2.24) is 24.1 Å². The van der Waals surface area contributed by atoms with Crippen molar-refractivity contribution in [3.05, 3.63) is 103 Å². The van der Waals surface area contributed by atoms with E-state index in [4.69, 9.17) is 0 Å². The van der Waals surface area contributed by atoms with Crippen molar-refractivity contribution < 1.29 is 20.4 Å². The lowest BCUT2D eigenvalue weighted by atomic mass is 10.3. The van der Waals surface area contributed by atoms with Crippen LogP contribution in [-0.2, 0) is 0 Å². The molecule has 3 aromatic carbocycles. The molecule has 6 aromatic rings. The van der Waals surface area contributed by atoms with E-state index in [2.05, 4.69) is 20.3 Å². The van der Waals surface area contributed by atoms with Crippen LogP contribution in [0.1, 0.15) is 0 Å². The second kappa shape index (κ2) is 11.2. The van der Waals surface area contributed by atoms with Crippen LogP contribution in [0, 0.1) is 0 Å². The van der Waals surface area contributed by atoms with Crippen molar-refractivity contribution >= 4 is 35.2 Å². The number of nitrogens with zero attached hydrogens (tertiary/aromatic N) is 5. The standard InChI is InChI=1S/C29H22N6O4S2/c36-23-16-21(25(38)34(23)19-12-6-2-7-13-19)40-28-31-27(30-18-10-4-1-5-11-18)32-29(33-28)41-22-17-24(37)35(26(22)39)20-14-8-3-9-15-20/h1-17,36-39H,(H,30,31,32,33). The van der Waals surface area contributed by atoms with E-state index in [0.29, 0.717) is 21.2 Å². The number of benzene rings is 3. The number of rotatable bonds is 8. The van der Waals surface area contributed by atoms with Gasteiger partial charge in [0, 0.05) is 17.8 Å². The van der Waals surface area contributed by atoms with Gasteiger partial charge in [-0.15, -0.1) is 0 Å². The molecular formula is C29H22N6O4S2. The number of aromatic nitrogens is 5. The molecule has 3 heterocycles. The van der Waals surface area contributed by atoms with Gasteiger partial charge in [0.25, 0.3) is 0 Å². The first-order valence-electron chi connectivity index (χ1n) is 12.3. The summed E-state index contributed by atoms with van der Waals surface area (Å²) in [7, 11) is 0. The molecule has 12 heteroatoms. The Morgan fingerprint density at radius 1 is 0.537 bits per heavy atom. The molecule has 5 N–H and O–H groups in total. The SMILES string of the molecule is Oc1cc(Sc2nc(Nc3ccccc3)nc(Sc3cc(O)n(-c4ccccc4)c3O)n2)c(O)n1-c1ccccc1. The second-order valence-corrected chi connectivity index (χ2v) is 10.7. The van der Waals surface area contributed by atoms with Gasteiger partial charge in [0.05, 0.1) is 21.2 Å². The topological polar surface area (TPSA) is 141 Å². The van der Waals surface area contributed by atoms with Crippen molar-refractivity contribution in [2.24, 2.45) is 0 Å². The fourth-order valence-corrected chi connectivity index (χ4v) is 5.75. The van der Waals surface area contributed by atoms with Crippen molar-refractivity contribution in [2.75, 3.05) is 5.32 Å². The third kappa shape index (κ3) is 5.51. The highest BCUT2D eigenvalue weighted by Crippen LogP contribution is 2.43. The molecule has 41 heavy (non-hydrogen) atoms. The van der Waals surface area contributed by atoms with Gasteiger partial charge in [0.15, 0.2) is 22.1 Å². The van der Waals surface area contributed by atoms with E-state index >= 15 is 0 Å². The predicted octanol–water partition coefficient (Wildman–Crippen LogP) is 6.32. The molecular weight excluding hydrogens is 560 g/mol. The molecule has 0 aliphatic carbocycles. The first kappa shape index (κ1) is 26.2. The maximum absolute atomic E-state index is 10.9. The Balaban J connectivity index is 1.36. The number of hydrogen-bond donors (Lipinski definition) is 5. The van der Waals surface area contributed by atoms with Gasteiger partial charge in [0.2, 0.25) is 17.7 Å². The van der Waals surface area contributed by atoms with Gasteiger partial charge < -0.3 is 25.7 Å². The third-order valence-corrected chi connectivity index (χ3v) is 7.67. The molecule has 0 saturated carbocycles. The molecule has 0 fully saturated rings. The zero-order chi connectivity index (χ0) is 28.3. The predicted molar refractivity (Wildman–Crippen MR) is 156 cm³/mol. The monoisotopic (exact) mass is 582 g/mol. The Bertz CT molecular complexity index is 1700. The van der Waals surface area contributed by atoms with Crippen LogP contribution >= 0.6 is 23.5 Å². The van der Waals surface area contributed by atoms with E-state index < -0.39 is 0 Å². The summed E-state index contributed by atoms with van der Waals surface area (Å²) in [6.45, 7) is 0. The molecule has 204 valence electrons. The summed E-state index contributed by atoms with van der Waals surface area (Å²) in [5.74, 6) is -0.411. The van der Waals surface area contributed by atoms with E-state index in [-0.39, 0.29) is 39.8 Å². The highest BCUT2D eigenvalue weighted by atomic mass is 32.2. The first-order valence-corrected chi connectivity index (χ1v) is 13.9. The fraction of sp³-hybridized carbons (Fsp3) is 0. The minimum atomic E-state index is -0.173. The van der Waals surface area contributed by atoms with E-state index in [0.717, 1.165) is 29.2 Å². The third-order valence-electron chi connectivity index (χ3n) is 5.90. The maximum Gasteiger partial charge on any atom is 0.232 e. The largest absolute Gasteiger partial charge is 0.494 e. The summed E-state index contributed by atoms with van der Waals surface area (Å²) in [6, 6.07) is 30.1. The molecule has 10 nitrogen and oxygen atoms in total. The minimum absolute atomic E-state index is 0.148. The lowest BCUT2D eigenvalue weighted by Crippen LogP contribution is -2.02. The number of aromatic hydroxyl groups is 4. The molecule has 0 spiro atoms. The second-order valence-electron chi connectivity index (χ2n) is 8.64. The molecule has 0 aliphatic rings. The molecule has 3 aromatic heterocycles. The van der Waals surface area contributed by atoms with Gasteiger partial charge >= 0.3 is 0 Å². The van der Waals surface area contributed by atoms with Crippen molar-refractivity contribution in [2.45, 2.75) is 20.1 Å². The zero-order valence-corrected chi connectivity index (χ0v) is 22.8. The first-order chi connectivity index (χ1) is 20.0. The average Bonchev–Trinajstić information content (AvgIpc) is 3.42. The van der Waals surface area contributed by atoms with Crippen LogP contribution < -0.4 is 5.32 Å². The number of anilines is 2. The summed E-state index contributed by atoms with van der Waals surface area (Å²) in [4.78, 5) is 14.2. The van der Waals surface area contributed by atoms with Gasteiger partial charge in [-0.1, -0.05) is 54.6 Å². The number of para-hydroxylation sites is 3. The van der Waals surface area contributed by atoms with Crippen molar-refractivity contribution in [1.29, 1.82) is 0 Å². The van der Waals surface area contributed by atoms with Crippen molar-refractivity contribution in [3.8, 4) is 34.9 Å². The van der Waals surface area contributed by atoms with Gasteiger partial charge in [0.1, 0.15) is 0 Å². The van der Waals surface area contributed by atoms with E-state index in [1.807, 2.05) is 42.5 Å². The van der Waals surface area contributed by atoms with Gasteiger partial charge in [-0.2, -0.15) is 15.0 Å². The normalized spacial score (nSPS) is 11.0. The Labute approximate surface area is 242 Å². The number of hydrogen-bond acceptors (Lipinski definition) is 10. The number of nitrogens with one attached hydrogen (secondary N) is 1. The molecule has 0 radical (unpaired) electrons. The molecule has 0 amide bonds. The van der Waals surface area contributed by atoms with Crippen LogP contribution in [0.3, 0.4) is 0 Å². The highest BCUT2D eigenvalue weighted by molar-refractivity contribution is 8.00. The van der Waals surface area contributed by atoms with E-state index in [1.165, 1.54) is 21.3 Å². The van der Waals surface area contributed by atoms with Crippen LogP contribution in [-0.4, -0.2) is 44.5 Å². The Morgan fingerprint density at radius 3 is 1.39 bits per heavy atom. The van der Waals surface area contributed by atoms with E-state index in [9.17, 15) is 20.4 Å². The van der Waals surface area contributed by atoms with Crippen LogP contribution in [0.15, 0.2) is 123 Å². The lowest BCUT2D eigenvalue weighted by Gasteiger charge is -2.09. The summed E-state index contributed by atoms with van der Waals surface area (Å²) in [5, 5.41) is 46.6. The molecule has 0 saturated heterocycles. The minimum Gasteiger partial charge on any atom is -0.494 e. The van der Waals surface area contributed by atoms with E-state index in [1.54, 1.807) is 48.5 Å². The quantitative estimate of drug-likeness (QED) is 0.138. The Hall–Kier alpha value is -5.07. The van der Waals surface area contributed by atoms with Crippen molar-refractivity contribution in [3.63, 3.8) is 0 Å². The molecule has 6 rings (SSSR count). The maximum atomic E-state index is 10.9. The van der Waals surface area contributed by atoms with Crippen LogP contribution in [0.25, 0.3) is 11.4 Å². The summed E-state index contributed by atoms with van der Waals surface area (Å²) in [6.07, 6.45) is 0. The average molecular weight is 583 g/mol. The molecule has 0 aliphatic heterocycles. The lowest BCUT2D eigenvalue weighted by molar-refractivity contribution is 0.397. The van der Waals surface area contributed by atoms with Crippen LogP contribution in [0.5, 0.6) is 23.5 Å². The fourth-order valence-electron chi connectivity index (χ4n) is 4.08. The van der Waals surface area contributed by atoms with Gasteiger partial charge in [-0.05, 0) is 59.9 Å². The molecule has 0 unspecified atom stereocenters. The van der Waals surface area contributed by atoms with Crippen LogP contribution in [0.4, 0.5) is 11.6 Å². The van der Waals surface area contributed by atoms with Crippen LogP contribution in [0.2, 0.25) is 0 Å². The Morgan fingerprint density at radius 2 is 0.951 bits per heavy atom. The summed E-state index contributed by atoms with van der Waals surface area (Å²) >= 11 is 2.08. The van der Waals surface area contributed by atoms with Gasteiger partial charge in [-0.25, -0.2) is 0 Å². The molecule has 0 bridgehead atoms. The highest BCUT2D eigenvalue weighted by Gasteiger charge is 2.21. The Kier molecular flexibility index (Phi) is 7.15. The van der Waals surface area contributed by atoms with Gasteiger partial charge in [-0.3, -0.25) is 9.13 Å².